The van der Waals surface area contributed by atoms with Crippen molar-refractivity contribution in [2.24, 2.45) is 0 Å². The molecule has 0 unspecified atom stereocenters. The molecule has 0 aromatic heterocycles. The minimum absolute atomic E-state index is 0.363. The molecule has 0 aromatic rings. The van der Waals surface area contributed by atoms with Crippen LogP contribution in [0.3, 0.4) is 0 Å². The van der Waals surface area contributed by atoms with E-state index in [1.807, 2.05) is 20.8 Å². The SMILES string of the molecule is CC(C)(C)OC(=O)N1CCC(C)(S(C)(=O)=O)CC1. The minimum atomic E-state index is -3.09. The molecule has 1 aliphatic rings. The van der Waals surface area contributed by atoms with E-state index in [0.29, 0.717) is 25.9 Å². The highest BCUT2D eigenvalue weighted by Gasteiger charge is 2.40. The van der Waals surface area contributed by atoms with Crippen molar-refractivity contribution >= 4 is 15.9 Å². The van der Waals surface area contributed by atoms with Crippen LogP contribution < -0.4 is 0 Å². The second-order valence-electron chi connectivity index (χ2n) is 6.19. The van der Waals surface area contributed by atoms with Gasteiger partial charge in [0.15, 0.2) is 9.84 Å². The summed E-state index contributed by atoms with van der Waals surface area (Å²) in [5.41, 5.74) is -0.519. The second kappa shape index (κ2) is 4.72. The first-order valence-corrected chi connectivity index (χ1v) is 8.01. The fraction of sp³-hybridized carbons (Fsp3) is 0.917. The quantitative estimate of drug-likeness (QED) is 0.733. The molecule has 0 saturated carbocycles. The van der Waals surface area contributed by atoms with Crippen LogP contribution in [0.4, 0.5) is 4.79 Å². The predicted molar refractivity (Wildman–Crippen MR) is 70.3 cm³/mol. The Kier molecular flexibility index (Phi) is 4.00. The number of piperidine rings is 1. The molecule has 1 saturated heterocycles. The van der Waals surface area contributed by atoms with Gasteiger partial charge in [-0.3, -0.25) is 0 Å². The number of sulfone groups is 1. The Bertz CT molecular complexity index is 414. The van der Waals surface area contributed by atoms with E-state index < -0.39 is 20.2 Å². The first-order valence-electron chi connectivity index (χ1n) is 6.12. The molecule has 0 aromatic carbocycles. The van der Waals surface area contributed by atoms with E-state index >= 15 is 0 Å². The van der Waals surface area contributed by atoms with E-state index in [4.69, 9.17) is 4.74 Å². The van der Waals surface area contributed by atoms with Gasteiger partial charge in [0.1, 0.15) is 5.60 Å². The number of carbonyl (C=O) groups is 1. The Morgan fingerprint density at radius 3 is 2.00 bits per heavy atom. The number of carbonyl (C=O) groups excluding carboxylic acids is 1. The molecule has 6 heteroatoms. The number of ether oxygens (including phenoxy) is 1. The highest BCUT2D eigenvalue weighted by atomic mass is 32.2. The zero-order valence-corrected chi connectivity index (χ0v) is 12.6. The molecule has 0 atom stereocenters. The fourth-order valence-electron chi connectivity index (χ4n) is 1.86. The van der Waals surface area contributed by atoms with E-state index in [9.17, 15) is 13.2 Å². The zero-order valence-electron chi connectivity index (χ0n) is 11.8. The molecule has 0 N–H and O–H groups in total. The molecule has 1 rings (SSSR count). The maximum atomic E-state index is 11.8. The van der Waals surface area contributed by atoms with Gasteiger partial charge in [-0.1, -0.05) is 0 Å². The average Bonchev–Trinajstić information content (AvgIpc) is 2.14. The summed E-state index contributed by atoms with van der Waals surface area (Å²) >= 11 is 0. The van der Waals surface area contributed by atoms with Crippen molar-refractivity contribution < 1.29 is 17.9 Å². The van der Waals surface area contributed by atoms with Gasteiger partial charge in [-0.25, -0.2) is 13.2 Å². The molecule has 0 radical (unpaired) electrons. The molecular weight excluding hydrogens is 254 g/mol. The van der Waals surface area contributed by atoms with Gasteiger partial charge in [-0.05, 0) is 40.5 Å². The topological polar surface area (TPSA) is 63.7 Å². The van der Waals surface area contributed by atoms with E-state index in [-0.39, 0.29) is 6.09 Å². The van der Waals surface area contributed by atoms with Crippen molar-refractivity contribution in [3.05, 3.63) is 0 Å². The van der Waals surface area contributed by atoms with Crippen LogP contribution in [0.25, 0.3) is 0 Å². The summed E-state index contributed by atoms with van der Waals surface area (Å²) in [5, 5.41) is 0. The standard InChI is InChI=1S/C12H23NO4S/c1-11(2,3)17-10(14)13-8-6-12(4,7-9-13)18(5,15)16/h6-9H2,1-5H3. The molecule has 0 spiro atoms. The number of hydrogen-bond acceptors (Lipinski definition) is 4. The van der Waals surface area contributed by atoms with Crippen LogP contribution in [0.2, 0.25) is 0 Å². The van der Waals surface area contributed by atoms with Crippen molar-refractivity contribution in [1.82, 2.24) is 4.90 Å². The average molecular weight is 277 g/mol. The lowest BCUT2D eigenvalue weighted by Gasteiger charge is -2.38. The Labute approximate surface area is 109 Å². The van der Waals surface area contributed by atoms with Crippen LogP contribution in [0, 0.1) is 0 Å². The van der Waals surface area contributed by atoms with E-state index in [0.717, 1.165) is 0 Å². The number of hydrogen-bond donors (Lipinski definition) is 0. The number of likely N-dealkylation sites (tertiary alicyclic amines) is 1. The predicted octanol–water partition coefficient (Wildman–Crippen LogP) is 1.82. The summed E-state index contributed by atoms with van der Waals surface area (Å²) in [4.78, 5) is 13.4. The Hall–Kier alpha value is -0.780. The monoisotopic (exact) mass is 277 g/mol. The lowest BCUT2D eigenvalue weighted by Crippen LogP contribution is -2.49. The van der Waals surface area contributed by atoms with Crippen LogP contribution in [-0.2, 0) is 14.6 Å². The van der Waals surface area contributed by atoms with Crippen molar-refractivity contribution in [2.45, 2.75) is 50.9 Å². The largest absolute Gasteiger partial charge is 0.444 e. The Morgan fingerprint density at radius 2 is 1.67 bits per heavy atom. The van der Waals surface area contributed by atoms with Gasteiger partial charge in [0.2, 0.25) is 0 Å². The summed E-state index contributed by atoms with van der Waals surface area (Å²) in [5.74, 6) is 0. The summed E-state index contributed by atoms with van der Waals surface area (Å²) in [7, 11) is -3.09. The van der Waals surface area contributed by atoms with E-state index in [1.165, 1.54) is 6.26 Å². The van der Waals surface area contributed by atoms with Crippen molar-refractivity contribution in [1.29, 1.82) is 0 Å². The number of nitrogens with zero attached hydrogens (tertiary/aromatic N) is 1. The van der Waals surface area contributed by atoms with Crippen LogP contribution >= 0.6 is 0 Å². The summed E-state index contributed by atoms with van der Waals surface area (Å²) < 4.78 is 27.9. The third kappa shape index (κ3) is 3.60. The van der Waals surface area contributed by atoms with Gasteiger partial charge < -0.3 is 9.64 Å². The first-order chi connectivity index (χ1) is 7.95. The summed E-state index contributed by atoms with van der Waals surface area (Å²) in [6, 6.07) is 0. The molecule has 0 bridgehead atoms. The van der Waals surface area contributed by atoms with E-state index in [1.54, 1.807) is 11.8 Å². The van der Waals surface area contributed by atoms with Crippen LogP contribution in [0.5, 0.6) is 0 Å². The number of rotatable bonds is 1. The Morgan fingerprint density at radius 1 is 1.22 bits per heavy atom. The van der Waals surface area contributed by atoms with Gasteiger partial charge in [0.25, 0.3) is 0 Å². The molecule has 1 heterocycles. The lowest BCUT2D eigenvalue weighted by molar-refractivity contribution is 0.0198. The molecular formula is C12H23NO4S. The van der Waals surface area contributed by atoms with Gasteiger partial charge in [0.05, 0.1) is 4.75 Å². The Balaban J connectivity index is 2.63. The molecule has 18 heavy (non-hydrogen) atoms. The molecule has 1 aliphatic heterocycles. The first kappa shape index (κ1) is 15.3. The normalized spacial score (nSPS) is 20.6. The van der Waals surface area contributed by atoms with Gasteiger partial charge in [0, 0.05) is 19.3 Å². The van der Waals surface area contributed by atoms with Crippen molar-refractivity contribution in [2.75, 3.05) is 19.3 Å². The minimum Gasteiger partial charge on any atom is -0.444 e. The van der Waals surface area contributed by atoms with Crippen molar-refractivity contribution in [3.8, 4) is 0 Å². The summed E-state index contributed by atoms with van der Waals surface area (Å²) in [6.45, 7) is 8.05. The summed E-state index contributed by atoms with van der Waals surface area (Å²) in [6.07, 6.45) is 1.82. The van der Waals surface area contributed by atoms with E-state index in [2.05, 4.69) is 0 Å². The smallest absolute Gasteiger partial charge is 0.410 e. The molecule has 5 nitrogen and oxygen atoms in total. The van der Waals surface area contributed by atoms with Gasteiger partial charge in [-0.2, -0.15) is 0 Å². The zero-order chi connectivity index (χ0) is 14.2. The van der Waals surface area contributed by atoms with Gasteiger partial charge in [-0.15, -0.1) is 0 Å². The lowest BCUT2D eigenvalue weighted by atomic mass is 9.98. The van der Waals surface area contributed by atoms with Crippen LogP contribution in [-0.4, -0.2) is 49.1 Å². The van der Waals surface area contributed by atoms with Crippen LogP contribution in [0.15, 0.2) is 0 Å². The second-order valence-corrected chi connectivity index (χ2v) is 8.72. The number of amides is 1. The maximum absolute atomic E-state index is 11.8. The van der Waals surface area contributed by atoms with Crippen molar-refractivity contribution in [3.63, 3.8) is 0 Å². The molecule has 1 fully saturated rings. The maximum Gasteiger partial charge on any atom is 0.410 e. The molecule has 106 valence electrons. The van der Waals surface area contributed by atoms with Crippen LogP contribution in [0.1, 0.15) is 40.5 Å². The third-order valence-electron chi connectivity index (χ3n) is 3.37. The molecule has 1 amide bonds. The third-order valence-corrected chi connectivity index (χ3v) is 5.57. The fourth-order valence-corrected chi connectivity index (χ4v) is 2.78. The highest BCUT2D eigenvalue weighted by molar-refractivity contribution is 7.92. The van der Waals surface area contributed by atoms with Gasteiger partial charge >= 0.3 is 6.09 Å². The molecule has 0 aliphatic carbocycles. The highest BCUT2D eigenvalue weighted by Crippen LogP contribution is 2.30.